The van der Waals surface area contributed by atoms with Gasteiger partial charge in [0.2, 0.25) is 5.91 Å². The highest BCUT2D eigenvalue weighted by Gasteiger charge is 2.35. The van der Waals surface area contributed by atoms with Gasteiger partial charge in [0.1, 0.15) is 0 Å². The van der Waals surface area contributed by atoms with E-state index in [2.05, 4.69) is 15.1 Å². The zero-order valence-electron chi connectivity index (χ0n) is 26.8. The van der Waals surface area contributed by atoms with E-state index in [4.69, 9.17) is 11.5 Å². The number of halogens is 1. The number of imide groups is 1. The van der Waals surface area contributed by atoms with Crippen LogP contribution in [0.3, 0.4) is 0 Å². The molecule has 0 spiro atoms. The summed E-state index contributed by atoms with van der Waals surface area (Å²) in [7, 11) is 0. The molecule has 1 saturated carbocycles. The molecule has 0 unspecified atom stereocenters. The highest BCUT2D eigenvalue weighted by molar-refractivity contribution is 6.17. The molecule has 2 heterocycles. The molecule has 0 saturated heterocycles. The van der Waals surface area contributed by atoms with Crippen LogP contribution in [0.2, 0.25) is 0 Å². The maximum Gasteiger partial charge on any atom is 0.323 e. The molecule has 2 amide bonds. The van der Waals surface area contributed by atoms with Crippen molar-refractivity contribution in [3.05, 3.63) is 86.6 Å². The molecule has 3 aromatic carbocycles. The van der Waals surface area contributed by atoms with Crippen LogP contribution >= 0.6 is 12.4 Å². The first kappa shape index (κ1) is 33.9. The Morgan fingerprint density at radius 3 is 2.28 bits per heavy atom. The zero-order valence-corrected chi connectivity index (χ0v) is 27.7. The number of carbonyl (C=O) groups is 2. The van der Waals surface area contributed by atoms with Gasteiger partial charge in [0.25, 0.3) is 11.5 Å². The topological polar surface area (TPSA) is 176 Å². The minimum Gasteiger partial charge on any atom is -0.330 e. The smallest absolute Gasteiger partial charge is 0.323 e. The maximum atomic E-state index is 14.0. The van der Waals surface area contributed by atoms with Crippen LogP contribution in [-0.4, -0.2) is 44.1 Å². The quantitative estimate of drug-likeness (QED) is 0.162. The molecule has 7 N–H and O–H groups in total. The van der Waals surface area contributed by atoms with Gasteiger partial charge in [-0.3, -0.25) is 19.5 Å². The fraction of sp³-hybridized carbons (Fsp3) is 0.371. The number of fused-ring (bicyclic) bond motifs is 2. The summed E-state index contributed by atoms with van der Waals surface area (Å²) in [4.78, 5) is 59.2. The molecule has 5 aromatic rings. The van der Waals surface area contributed by atoms with Gasteiger partial charge < -0.3 is 21.4 Å². The molecule has 12 heteroatoms. The first-order valence-corrected chi connectivity index (χ1v) is 15.9. The lowest BCUT2D eigenvalue weighted by atomic mass is 9.81. The molecule has 0 bridgehead atoms. The Labute approximate surface area is 278 Å². The Hall–Kier alpha value is -4.45. The van der Waals surface area contributed by atoms with Crippen LogP contribution in [0, 0.1) is 18.8 Å². The van der Waals surface area contributed by atoms with Crippen molar-refractivity contribution in [1.29, 1.82) is 0 Å². The van der Waals surface area contributed by atoms with Gasteiger partial charge in [-0.1, -0.05) is 24.3 Å². The second-order valence-electron chi connectivity index (χ2n) is 12.9. The minimum absolute atomic E-state index is 0. The lowest BCUT2D eigenvalue weighted by molar-refractivity contribution is -0.130. The summed E-state index contributed by atoms with van der Waals surface area (Å²) in [6.07, 6.45) is 3.22. The third-order valence-electron chi connectivity index (χ3n) is 9.34. The number of nitrogens with one attached hydrogen (secondary N) is 3. The van der Waals surface area contributed by atoms with Gasteiger partial charge in [0, 0.05) is 12.0 Å². The zero-order chi connectivity index (χ0) is 32.7. The normalized spacial score (nSPS) is 17.1. The minimum atomic E-state index is -0.977. The van der Waals surface area contributed by atoms with Crippen LogP contribution in [0.4, 0.5) is 5.69 Å². The van der Waals surface area contributed by atoms with Gasteiger partial charge in [0.05, 0.1) is 33.7 Å². The SMILES string of the molecule is Cc1cc2c(=O)n(C(C)C)[nH]c2cc1-c1ccc(C[C@H](N)C(=O)N(C(=O)C2CCC(CN)CC2)c2ccc3[nH]c(=O)[nH]c3c2)cc1.Cl. The van der Waals surface area contributed by atoms with Crippen molar-refractivity contribution in [2.75, 3.05) is 11.4 Å². The van der Waals surface area contributed by atoms with E-state index in [1.54, 1.807) is 22.9 Å². The molecule has 0 radical (unpaired) electrons. The van der Waals surface area contributed by atoms with E-state index in [9.17, 15) is 19.2 Å². The number of aromatic nitrogens is 4. The molecule has 11 nitrogen and oxygen atoms in total. The summed E-state index contributed by atoms with van der Waals surface area (Å²) in [5.74, 6) is -0.702. The van der Waals surface area contributed by atoms with Crippen LogP contribution in [0.1, 0.15) is 56.7 Å². The van der Waals surface area contributed by atoms with Gasteiger partial charge >= 0.3 is 5.69 Å². The summed E-state index contributed by atoms with van der Waals surface area (Å²) < 4.78 is 1.63. The number of carbonyl (C=O) groups excluding carboxylic acids is 2. The van der Waals surface area contributed by atoms with Crippen molar-refractivity contribution in [2.45, 2.75) is 65.0 Å². The van der Waals surface area contributed by atoms with Crippen molar-refractivity contribution < 1.29 is 9.59 Å². The van der Waals surface area contributed by atoms with E-state index in [0.29, 0.717) is 47.4 Å². The van der Waals surface area contributed by atoms with E-state index >= 15 is 0 Å². The fourth-order valence-electron chi connectivity index (χ4n) is 6.64. The average molecular weight is 660 g/mol. The van der Waals surface area contributed by atoms with Gasteiger partial charge in [0.15, 0.2) is 0 Å². The highest BCUT2D eigenvalue weighted by atomic mass is 35.5. The molecule has 1 aliphatic rings. The molecule has 1 fully saturated rings. The summed E-state index contributed by atoms with van der Waals surface area (Å²) in [6.45, 7) is 6.50. The Kier molecular flexibility index (Phi) is 9.90. The molecule has 47 heavy (non-hydrogen) atoms. The van der Waals surface area contributed by atoms with E-state index in [1.807, 2.05) is 57.2 Å². The monoisotopic (exact) mass is 659 g/mol. The molecule has 0 aliphatic heterocycles. The summed E-state index contributed by atoms with van der Waals surface area (Å²) in [5, 5.41) is 3.87. The Bertz CT molecular complexity index is 2030. The number of amides is 2. The van der Waals surface area contributed by atoms with Crippen molar-refractivity contribution in [2.24, 2.45) is 23.3 Å². The average Bonchev–Trinajstić information content (AvgIpc) is 3.58. The molecule has 248 valence electrons. The second kappa shape index (κ2) is 13.7. The molecular formula is C35H42ClN7O4. The van der Waals surface area contributed by atoms with Crippen LogP contribution in [0.25, 0.3) is 33.1 Å². The standard InChI is InChI=1S/C35H41N7O4.ClH/c1-19(2)42-33(44)27-14-20(3)26(17-30(27)40-42)23-8-4-21(5-9-23)15-28(37)34(45)41(32(43)24-10-6-22(18-36)7-11-24)25-12-13-29-31(16-25)39-35(46)38-29;/h4-5,8-9,12-14,16-17,19,22,24,28,40H,6-7,10-11,15,18,36-37H2,1-3H3,(H2,38,39,46);1H/t22?,24?,28-;/m0./s1. The first-order valence-electron chi connectivity index (χ1n) is 15.9. The summed E-state index contributed by atoms with van der Waals surface area (Å²) >= 11 is 0. The highest BCUT2D eigenvalue weighted by Crippen LogP contribution is 2.32. The number of hydrogen-bond donors (Lipinski definition) is 5. The number of nitrogens with zero attached hydrogens (tertiary/aromatic N) is 2. The van der Waals surface area contributed by atoms with Gasteiger partial charge in [-0.15, -0.1) is 12.4 Å². The van der Waals surface area contributed by atoms with Crippen molar-refractivity contribution in [1.82, 2.24) is 19.7 Å². The third-order valence-corrected chi connectivity index (χ3v) is 9.34. The first-order chi connectivity index (χ1) is 22.0. The van der Waals surface area contributed by atoms with E-state index in [0.717, 1.165) is 40.6 Å². The van der Waals surface area contributed by atoms with Crippen molar-refractivity contribution in [3.8, 4) is 11.1 Å². The molecule has 2 aromatic heterocycles. The predicted molar refractivity (Wildman–Crippen MR) is 188 cm³/mol. The molecular weight excluding hydrogens is 618 g/mol. The number of H-pyrrole nitrogens is 3. The van der Waals surface area contributed by atoms with Crippen molar-refractivity contribution >= 4 is 51.8 Å². The Morgan fingerprint density at radius 1 is 0.936 bits per heavy atom. The number of aryl methyl sites for hydroxylation is 1. The van der Waals surface area contributed by atoms with Crippen LogP contribution in [0.5, 0.6) is 0 Å². The summed E-state index contributed by atoms with van der Waals surface area (Å²) in [5.41, 5.74) is 18.0. The van der Waals surface area contributed by atoms with Crippen LogP contribution in [0.15, 0.2) is 64.2 Å². The Morgan fingerprint density at radius 2 is 1.62 bits per heavy atom. The van der Waals surface area contributed by atoms with Crippen LogP contribution in [-0.2, 0) is 16.0 Å². The lowest BCUT2D eigenvalue weighted by Crippen LogP contribution is -2.50. The summed E-state index contributed by atoms with van der Waals surface area (Å²) in [6, 6.07) is 15.8. The third kappa shape index (κ3) is 6.69. The number of benzene rings is 3. The number of hydrogen-bond acceptors (Lipinski definition) is 6. The number of rotatable bonds is 8. The largest absolute Gasteiger partial charge is 0.330 e. The van der Waals surface area contributed by atoms with Crippen molar-refractivity contribution in [3.63, 3.8) is 0 Å². The Balaban J connectivity index is 0.00000433. The van der Waals surface area contributed by atoms with Gasteiger partial charge in [-0.05, 0) is 118 Å². The number of imidazole rings is 1. The number of aromatic amines is 3. The molecule has 1 aliphatic carbocycles. The van der Waals surface area contributed by atoms with E-state index < -0.39 is 11.9 Å². The second-order valence-corrected chi connectivity index (χ2v) is 12.9. The maximum absolute atomic E-state index is 14.0. The number of anilines is 1. The number of nitrogens with two attached hydrogens (primary N) is 2. The van der Waals surface area contributed by atoms with E-state index in [1.165, 1.54) is 4.90 Å². The fourth-order valence-corrected chi connectivity index (χ4v) is 6.64. The predicted octanol–water partition coefficient (Wildman–Crippen LogP) is 4.67. The molecule has 6 rings (SSSR count). The van der Waals surface area contributed by atoms with E-state index in [-0.39, 0.29) is 47.9 Å². The van der Waals surface area contributed by atoms with Gasteiger partial charge in [-0.2, -0.15) is 0 Å². The van der Waals surface area contributed by atoms with Gasteiger partial charge in [-0.25, -0.2) is 14.4 Å². The molecule has 1 atom stereocenters. The lowest BCUT2D eigenvalue weighted by Gasteiger charge is -2.32. The van der Waals surface area contributed by atoms with Crippen LogP contribution < -0.4 is 27.6 Å².